The summed E-state index contributed by atoms with van der Waals surface area (Å²) >= 11 is 4.71. The molecule has 1 rings (SSSR count). The first-order valence-electron chi connectivity index (χ1n) is 5.92. The third-order valence-corrected chi connectivity index (χ3v) is 6.18. The van der Waals surface area contributed by atoms with Crippen molar-refractivity contribution in [2.75, 3.05) is 13.1 Å². The molecule has 19 heavy (non-hydrogen) atoms. The molecule has 1 aromatic heterocycles. The molecule has 1 heterocycles. The average molecular weight is 365 g/mol. The molecule has 0 saturated heterocycles. The fraction of sp³-hybridized carbons (Fsp3) is 0.583. The highest BCUT2D eigenvalue weighted by Gasteiger charge is 2.27. The second-order valence-corrected chi connectivity index (χ2v) is 9.18. The normalized spacial score (nSPS) is 12.1. The van der Waals surface area contributed by atoms with Crippen molar-refractivity contribution in [1.82, 2.24) is 4.31 Å². The van der Waals surface area contributed by atoms with E-state index in [0.717, 1.165) is 8.66 Å². The molecule has 0 aliphatic rings. The van der Waals surface area contributed by atoms with Gasteiger partial charge in [0, 0.05) is 24.4 Å². The third-order valence-electron chi connectivity index (χ3n) is 2.50. The van der Waals surface area contributed by atoms with E-state index in [2.05, 4.69) is 15.9 Å². The van der Waals surface area contributed by atoms with E-state index < -0.39 is 10.0 Å². The molecular formula is C12H17BrN2O2S2. The maximum atomic E-state index is 12.6. The highest BCUT2D eigenvalue weighted by molar-refractivity contribution is 9.11. The number of thiophene rings is 1. The highest BCUT2D eigenvalue weighted by Crippen LogP contribution is 2.31. The van der Waals surface area contributed by atoms with Crippen LogP contribution in [0, 0.1) is 24.2 Å². The molecule has 0 N–H and O–H groups in total. The van der Waals surface area contributed by atoms with Gasteiger partial charge in [-0.1, -0.05) is 13.8 Å². The zero-order valence-corrected chi connectivity index (χ0v) is 14.4. The van der Waals surface area contributed by atoms with E-state index in [1.54, 1.807) is 13.0 Å². The van der Waals surface area contributed by atoms with Gasteiger partial charge in [0.15, 0.2) is 0 Å². The Balaban J connectivity index is 3.12. The smallest absolute Gasteiger partial charge is 0.207 e. The number of sulfonamides is 1. The van der Waals surface area contributed by atoms with Crippen LogP contribution in [0.25, 0.3) is 0 Å². The summed E-state index contributed by atoms with van der Waals surface area (Å²) in [4.78, 5) is 1.10. The standard InChI is InChI=1S/C12H17BrN2O2S2/c1-9(2)8-15(6-4-5-14)19(16,17)11-7-12(13)18-10(11)3/h7,9H,4,6,8H2,1-3H3. The maximum Gasteiger partial charge on any atom is 0.244 e. The summed E-state index contributed by atoms with van der Waals surface area (Å²) in [6, 6.07) is 3.64. The van der Waals surface area contributed by atoms with Crippen molar-refractivity contribution in [2.45, 2.75) is 32.1 Å². The number of aryl methyl sites for hydroxylation is 1. The van der Waals surface area contributed by atoms with E-state index in [1.807, 2.05) is 19.9 Å². The molecule has 0 atom stereocenters. The molecule has 0 amide bonds. The van der Waals surface area contributed by atoms with Gasteiger partial charge in [-0.3, -0.25) is 0 Å². The van der Waals surface area contributed by atoms with Gasteiger partial charge in [0.1, 0.15) is 0 Å². The van der Waals surface area contributed by atoms with E-state index >= 15 is 0 Å². The summed E-state index contributed by atoms with van der Waals surface area (Å²) in [7, 11) is -3.52. The molecule has 106 valence electrons. The molecular weight excluding hydrogens is 348 g/mol. The van der Waals surface area contributed by atoms with Crippen LogP contribution in [0.4, 0.5) is 0 Å². The Hall–Kier alpha value is -0.420. The molecule has 0 aliphatic heterocycles. The van der Waals surface area contributed by atoms with Crippen LogP contribution in [0.3, 0.4) is 0 Å². The molecule has 0 bridgehead atoms. The molecule has 0 radical (unpaired) electrons. The fourth-order valence-corrected chi connectivity index (χ4v) is 5.70. The van der Waals surface area contributed by atoms with Gasteiger partial charge in [0.25, 0.3) is 0 Å². The van der Waals surface area contributed by atoms with Crippen molar-refractivity contribution < 1.29 is 8.42 Å². The lowest BCUT2D eigenvalue weighted by Gasteiger charge is -2.22. The summed E-state index contributed by atoms with van der Waals surface area (Å²) in [6.45, 7) is 6.39. The molecule has 4 nitrogen and oxygen atoms in total. The second-order valence-electron chi connectivity index (χ2n) is 4.64. The van der Waals surface area contributed by atoms with Crippen LogP contribution < -0.4 is 0 Å². The Bertz CT molecular complexity index is 573. The van der Waals surface area contributed by atoms with Crippen LogP contribution in [-0.2, 0) is 10.0 Å². The number of nitrogens with zero attached hydrogens (tertiary/aromatic N) is 2. The number of nitriles is 1. The summed E-state index contributed by atoms with van der Waals surface area (Å²) in [5.41, 5.74) is 0. The van der Waals surface area contributed by atoms with Crippen LogP contribution in [0.2, 0.25) is 0 Å². The molecule has 7 heteroatoms. The van der Waals surface area contributed by atoms with Crippen LogP contribution in [0.5, 0.6) is 0 Å². The van der Waals surface area contributed by atoms with Gasteiger partial charge in [-0.15, -0.1) is 11.3 Å². The minimum absolute atomic E-state index is 0.205. The predicted octanol–water partition coefficient (Wildman–Crippen LogP) is 3.38. The number of halogens is 1. The molecule has 0 unspecified atom stereocenters. The molecule has 1 aromatic rings. The maximum absolute atomic E-state index is 12.6. The average Bonchev–Trinajstić information content (AvgIpc) is 2.63. The monoisotopic (exact) mass is 364 g/mol. The Morgan fingerprint density at radius 2 is 2.16 bits per heavy atom. The van der Waals surface area contributed by atoms with Crippen LogP contribution in [0.1, 0.15) is 25.1 Å². The van der Waals surface area contributed by atoms with Gasteiger partial charge in [-0.2, -0.15) is 9.57 Å². The quantitative estimate of drug-likeness (QED) is 0.777. The molecule has 0 fully saturated rings. The van der Waals surface area contributed by atoms with E-state index in [1.165, 1.54) is 15.6 Å². The Morgan fingerprint density at radius 3 is 2.58 bits per heavy atom. The highest BCUT2D eigenvalue weighted by atomic mass is 79.9. The van der Waals surface area contributed by atoms with Crippen molar-refractivity contribution >= 4 is 37.3 Å². The van der Waals surface area contributed by atoms with Crippen LogP contribution >= 0.6 is 27.3 Å². The van der Waals surface area contributed by atoms with E-state index in [0.29, 0.717) is 11.4 Å². The zero-order chi connectivity index (χ0) is 14.6. The zero-order valence-electron chi connectivity index (χ0n) is 11.2. The first kappa shape index (κ1) is 16.6. The minimum Gasteiger partial charge on any atom is -0.207 e. The van der Waals surface area contributed by atoms with Crippen molar-refractivity contribution in [2.24, 2.45) is 5.92 Å². The number of hydrogen-bond acceptors (Lipinski definition) is 4. The third kappa shape index (κ3) is 4.28. The Kier molecular flexibility index (Phi) is 5.99. The van der Waals surface area contributed by atoms with Gasteiger partial charge < -0.3 is 0 Å². The fourth-order valence-electron chi connectivity index (χ4n) is 1.72. The number of rotatable bonds is 6. The summed E-state index contributed by atoms with van der Waals surface area (Å²) in [5.74, 6) is 0.218. The van der Waals surface area contributed by atoms with Crippen molar-refractivity contribution in [1.29, 1.82) is 5.26 Å². The first-order chi connectivity index (χ1) is 8.78. The lowest BCUT2D eigenvalue weighted by atomic mass is 10.2. The summed E-state index contributed by atoms with van der Waals surface area (Å²) in [6.07, 6.45) is 0.205. The predicted molar refractivity (Wildman–Crippen MR) is 80.6 cm³/mol. The topological polar surface area (TPSA) is 61.2 Å². The molecule has 0 spiro atoms. The van der Waals surface area contributed by atoms with Crippen molar-refractivity contribution in [3.63, 3.8) is 0 Å². The largest absolute Gasteiger partial charge is 0.244 e. The van der Waals surface area contributed by atoms with E-state index in [4.69, 9.17) is 5.26 Å². The lowest BCUT2D eigenvalue weighted by molar-refractivity contribution is 0.373. The van der Waals surface area contributed by atoms with E-state index in [9.17, 15) is 8.42 Å². The van der Waals surface area contributed by atoms with Gasteiger partial charge in [0.05, 0.1) is 14.8 Å². The first-order valence-corrected chi connectivity index (χ1v) is 8.97. The van der Waals surface area contributed by atoms with E-state index in [-0.39, 0.29) is 18.9 Å². The SMILES string of the molecule is Cc1sc(Br)cc1S(=O)(=O)N(CCC#N)CC(C)C. The van der Waals surface area contributed by atoms with Crippen molar-refractivity contribution in [3.8, 4) is 6.07 Å². The van der Waals surface area contributed by atoms with Gasteiger partial charge in [-0.25, -0.2) is 8.42 Å². The summed E-state index contributed by atoms with van der Waals surface area (Å²) in [5, 5.41) is 8.67. The molecule has 0 aromatic carbocycles. The Morgan fingerprint density at radius 1 is 1.53 bits per heavy atom. The molecule has 0 aliphatic carbocycles. The van der Waals surface area contributed by atoms with Gasteiger partial charge >= 0.3 is 0 Å². The van der Waals surface area contributed by atoms with Gasteiger partial charge in [-0.05, 0) is 34.8 Å². The van der Waals surface area contributed by atoms with Crippen LogP contribution in [-0.4, -0.2) is 25.8 Å². The lowest BCUT2D eigenvalue weighted by Crippen LogP contribution is -2.35. The van der Waals surface area contributed by atoms with Crippen molar-refractivity contribution in [3.05, 3.63) is 14.7 Å². The van der Waals surface area contributed by atoms with Gasteiger partial charge in [0.2, 0.25) is 10.0 Å². The Labute approximate surface area is 127 Å². The number of hydrogen-bond donors (Lipinski definition) is 0. The van der Waals surface area contributed by atoms with Crippen LogP contribution in [0.15, 0.2) is 14.7 Å². The minimum atomic E-state index is -3.52. The summed E-state index contributed by atoms with van der Waals surface area (Å²) < 4.78 is 27.4. The molecule has 0 saturated carbocycles. The second kappa shape index (κ2) is 6.84.